The Kier molecular flexibility index (Phi) is 3.35. The van der Waals surface area contributed by atoms with E-state index in [1.54, 1.807) is 18.2 Å². The Balaban J connectivity index is 2.82. The van der Waals surface area contributed by atoms with Gasteiger partial charge in [-0.1, -0.05) is 29.3 Å². The molecule has 0 aliphatic carbocycles. The van der Waals surface area contributed by atoms with Crippen molar-refractivity contribution in [1.29, 1.82) is 0 Å². The van der Waals surface area contributed by atoms with E-state index < -0.39 is 6.29 Å². The Morgan fingerprint density at radius 2 is 1.83 bits per heavy atom. The van der Waals surface area contributed by atoms with Crippen molar-refractivity contribution in [1.82, 2.24) is 0 Å². The lowest BCUT2D eigenvalue weighted by Gasteiger charge is -2.04. The van der Waals surface area contributed by atoms with Crippen molar-refractivity contribution in [3.8, 4) is 0 Å². The molecule has 66 valence electrons. The Bertz CT molecular complexity index is 274. The fourth-order valence-electron chi connectivity index (χ4n) is 0.877. The molecule has 2 N–H and O–H groups in total. The fraction of sp³-hybridized carbons (Fsp3) is 0.250. The van der Waals surface area contributed by atoms with Gasteiger partial charge in [0.25, 0.3) is 0 Å². The molecule has 0 atom stereocenters. The van der Waals surface area contributed by atoms with Crippen molar-refractivity contribution >= 4 is 23.2 Å². The highest BCUT2D eigenvalue weighted by molar-refractivity contribution is 6.42. The molecular weight excluding hydrogens is 199 g/mol. The summed E-state index contributed by atoms with van der Waals surface area (Å²) in [7, 11) is 0. The van der Waals surface area contributed by atoms with Gasteiger partial charge >= 0.3 is 0 Å². The second-order valence-corrected chi connectivity index (χ2v) is 3.25. The van der Waals surface area contributed by atoms with Crippen molar-refractivity contribution in [3.63, 3.8) is 0 Å². The highest BCUT2D eigenvalue weighted by Gasteiger charge is 2.02. The van der Waals surface area contributed by atoms with Crippen molar-refractivity contribution in [3.05, 3.63) is 33.8 Å². The molecule has 0 aromatic heterocycles. The number of hydrogen-bond donors (Lipinski definition) is 2. The normalized spacial score (nSPS) is 10.8. The van der Waals surface area contributed by atoms with Gasteiger partial charge in [0.2, 0.25) is 0 Å². The molecule has 1 rings (SSSR count). The maximum absolute atomic E-state index is 8.65. The maximum Gasteiger partial charge on any atom is 0.155 e. The zero-order valence-electron chi connectivity index (χ0n) is 6.17. The first-order chi connectivity index (χ1) is 5.59. The van der Waals surface area contributed by atoms with Gasteiger partial charge in [0, 0.05) is 6.42 Å². The van der Waals surface area contributed by atoms with Crippen molar-refractivity contribution in [2.24, 2.45) is 0 Å². The molecule has 1 aromatic carbocycles. The van der Waals surface area contributed by atoms with Gasteiger partial charge in [0.15, 0.2) is 6.29 Å². The van der Waals surface area contributed by atoms with E-state index in [9.17, 15) is 0 Å². The van der Waals surface area contributed by atoms with Crippen LogP contribution < -0.4 is 0 Å². The van der Waals surface area contributed by atoms with E-state index in [2.05, 4.69) is 0 Å². The minimum absolute atomic E-state index is 0.164. The smallest absolute Gasteiger partial charge is 0.155 e. The van der Waals surface area contributed by atoms with Crippen LogP contribution in [0.3, 0.4) is 0 Å². The van der Waals surface area contributed by atoms with Gasteiger partial charge in [-0.3, -0.25) is 0 Å². The predicted octanol–water partition coefficient (Wildman–Crippen LogP) is 1.85. The summed E-state index contributed by atoms with van der Waals surface area (Å²) in [5.74, 6) is 0. The summed E-state index contributed by atoms with van der Waals surface area (Å²) < 4.78 is 0. The standard InChI is InChI=1S/C8H8Cl2O2/c9-6-2-1-5(3-7(6)10)4-8(11)12/h1-3,8,11-12H,4H2. The molecule has 4 heteroatoms. The second-order valence-electron chi connectivity index (χ2n) is 2.43. The lowest BCUT2D eigenvalue weighted by molar-refractivity contribution is -0.0381. The Hall–Kier alpha value is -0.280. The van der Waals surface area contributed by atoms with E-state index in [4.69, 9.17) is 33.4 Å². The van der Waals surface area contributed by atoms with E-state index in [1.165, 1.54) is 0 Å². The zero-order valence-corrected chi connectivity index (χ0v) is 7.68. The number of hydrogen-bond acceptors (Lipinski definition) is 2. The molecular formula is C8H8Cl2O2. The van der Waals surface area contributed by atoms with Crippen LogP contribution in [0.15, 0.2) is 18.2 Å². The van der Waals surface area contributed by atoms with Gasteiger partial charge in [-0.2, -0.15) is 0 Å². The van der Waals surface area contributed by atoms with Crippen molar-refractivity contribution < 1.29 is 10.2 Å². The second kappa shape index (κ2) is 4.10. The summed E-state index contributed by atoms with van der Waals surface area (Å²) in [6.07, 6.45) is -1.18. The van der Waals surface area contributed by atoms with Crippen LogP contribution in [0.4, 0.5) is 0 Å². The molecule has 0 bridgehead atoms. The fourth-order valence-corrected chi connectivity index (χ4v) is 1.20. The average molecular weight is 207 g/mol. The van der Waals surface area contributed by atoms with Crippen LogP contribution in [-0.4, -0.2) is 16.5 Å². The Morgan fingerprint density at radius 3 is 2.33 bits per heavy atom. The van der Waals surface area contributed by atoms with E-state index in [0.29, 0.717) is 10.0 Å². The molecule has 12 heavy (non-hydrogen) atoms. The minimum atomic E-state index is -1.35. The predicted molar refractivity (Wildman–Crippen MR) is 48.4 cm³/mol. The van der Waals surface area contributed by atoms with Crippen LogP contribution in [0.25, 0.3) is 0 Å². The van der Waals surface area contributed by atoms with Gasteiger partial charge in [0.05, 0.1) is 10.0 Å². The summed E-state index contributed by atoms with van der Waals surface area (Å²) in [6.45, 7) is 0. The number of aliphatic hydroxyl groups excluding tert-OH is 1. The van der Waals surface area contributed by atoms with E-state index >= 15 is 0 Å². The van der Waals surface area contributed by atoms with Crippen LogP contribution in [0, 0.1) is 0 Å². The van der Waals surface area contributed by atoms with Gasteiger partial charge in [-0.05, 0) is 17.7 Å². The molecule has 2 nitrogen and oxygen atoms in total. The molecule has 0 heterocycles. The molecule has 0 saturated heterocycles. The average Bonchev–Trinajstić information content (AvgIpc) is 1.96. The first-order valence-corrected chi connectivity index (χ1v) is 4.15. The maximum atomic E-state index is 8.65. The first kappa shape index (κ1) is 9.81. The Labute approximate surface area is 80.4 Å². The van der Waals surface area contributed by atoms with E-state index in [0.717, 1.165) is 5.56 Å². The van der Waals surface area contributed by atoms with Gasteiger partial charge in [0.1, 0.15) is 0 Å². The highest BCUT2D eigenvalue weighted by Crippen LogP contribution is 2.22. The molecule has 0 aliphatic rings. The van der Waals surface area contributed by atoms with Gasteiger partial charge < -0.3 is 10.2 Å². The van der Waals surface area contributed by atoms with Crippen molar-refractivity contribution in [2.75, 3.05) is 0 Å². The number of benzene rings is 1. The topological polar surface area (TPSA) is 40.5 Å². The summed E-state index contributed by atoms with van der Waals surface area (Å²) in [5.41, 5.74) is 0.749. The quantitative estimate of drug-likeness (QED) is 0.726. The SMILES string of the molecule is OC(O)Cc1ccc(Cl)c(Cl)c1. The molecule has 0 radical (unpaired) electrons. The van der Waals surface area contributed by atoms with Crippen LogP contribution in [-0.2, 0) is 6.42 Å². The summed E-state index contributed by atoms with van der Waals surface area (Å²) >= 11 is 11.4. The lowest BCUT2D eigenvalue weighted by Crippen LogP contribution is -2.07. The molecule has 0 spiro atoms. The molecule has 0 unspecified atom stereocenters. The monoisotopic (exact) mass is 206 g/mol. The highest BCUT2D eigenvalue weighted by atomic mass is 35.5. The van der Waals surface area contributed by atoms with Gasteiger partial charge in [-0.15, -0.1) is 0 Å². The van der Waals surface area contributed by atoms with Crippen molar-refractivity contribution in [2.45, 2.75) is 12.7 Å². The minimum Gasteiger partial charge on any atom is -0.368 e. The Morgan fingerprint density at radius 1 is 1.17 bits per heavy atom. The van der Waals surface area contributed by atoms with Crippen LogP contribution >= 0.6 is 23.2 Å². The summed E-state index contributed by atoms with van der Waals surface area (Å²) in [4.78, 5) is 0. The van der Waals surface area contributed by atoms with E-state index in [1.807, 2.05) is 0 Å². The third-order valence-corrected chi connectivity index (χ3v) is 2.14. The molecule has 0 aliphatic heterocycles. The largest absolute Gasteiger partial charge is 0.368 e. The van der Waals surface area contributed by atoms with Gasteiger partial charge in [-0.25, -0.2) is 0 Å². The lowest BCUT2D eigenvalue weighted by atomic mass is 10.1. The number of rotatable bonds is 2. The van der Waals surface area contributed by atoms with Crippen LogP contribution in [0.2, 0.25) is 10.0 Å². The number of aliphatic hydroxyl groups is 2. The first-order valence-electron chi connectivity index (χ1n) is 3.39. The summed E-state index contributed by atoms with van der Waals surface area (Å²) in [5, 5.41) is 18.2. The molecule has 0 fully saturated rings. The third-order valence-electron chi connectivity index (χ3n) is 1.40. The van der Waals surface area contributed by atoms with Crippen LogP contribution in [0.1, 0.15) is 5.56 Å². The third kappa shape index (κ3) is 2.64. The van der Waals surface area contributed by atoms with Crippen LogP contribution in [0.5, 0.6) is 0 Å². The van der Waals surface area contributed by atoms with E-state index in [-0.39, 0.29) is 6.42 Å². The number of halogens is 2. The summed E-state index contributed by atoms with van der Waals surface area (Å²) in [6, 6.07) is 4.94. The molecule has 1 aromatic rings. The molecule has 0 amide bonds. The zero-order chi connectivity index (χ0) is 9.14. The molecule has 0 saturated carbocycles.